The molecule has 0 aliphatic carbocycles. The van der Waals surface area contributed by atoms with Crippen LogP contribution in [-0.4, -0.2) is 14.5 Å². The van der Waals surface area contributed by atoms with Gasteiger partial charge >= 0.3 is 0 Å². The van der Waals surface area contributed by atoms with Crippen LogP contribution in [0.3, 0.4) is 0 Å². The molecule has 0 saturated carbocycles. The molecule has 0 bridgehead atoms. The largest absolute Gasteiger partial charge is 0.331 e. The molecular formula is C14H14BrN3S2. The standard InChI is InChI=1S/C14H14BrN3S2/c1-3-10-7-16-13(20-10)8(2)18-12-6-9(15)4-5-11(12)17-14(18)19/h4-8H,3H2,1-2H3,(H,17,19). The number of aryl methyl sites for hydroxylation is 1. The summed E-state index contributed by atoms with van der Waals surface area (Å²) in [7, 11) is 0. The number of aromatic nitrogens is 3. The first-order chi connectivity index (χ1) is 9.60. The Kier molecular flexibility index (Phi) is 3.79. The van der Waals surface area contributed by atoms with Gasteiger partial charge in [0.15, 0.2) is 4.77 Å². The van der Waals surface area contributed by atoms with Crippen LogP contribution in [0.25, 0.3) is 11.0 Å². The maximum atomic E-state index is 5.48. The smallest absolute Gasteiger partial charge is 0.178 e. The van der Waals surface area contributed by atoms with E-state index in [0.717, 1.165) is 31.7 Å². The molecule has 20 heavy (non-hydrogen) atoms. The maximum Gasteiger partial charge on any atom is 0.178 e. The highest BCUT2D eigenvalue weighted by Gasteiger charge is 2.16. The summed E-state index contributed by atoms with van der Waals surface area (Å²) in [5.74, 6) is 0. The van der Waals surface area contributed by atoms with E-state index in [1.165, 1.54) is 4.88 Å². The van der Waals surface area contributed by atoms with E-state index in [9.17, 15) is 0 Å². The van der Waals surface area contributed by atoms with Crippen molar-refractivity contribution in [2.24, 2.45) is 0 Å². The zero-order chi connectivity index (χ0) is 14.3. The molecule has 0 aliphatic heterocycles. The van der Waals surface area contributed by atoms with Gasteiger partial charge in [0.1, 0.15) is 5.01 Å². The number of nitrogens with zero attached hydrogens (tertiary/aromatic N) is 2. The lowest BCUT2D eigenvalue weighted by Gasteiger charge is -2.11. The van der Waals surface area contributed by atoms with E-state index >= 15 is 0 Å². The van der Waals surface area contributed by atoms with Crippen molar-refractivity contribution in [2.75, 3.05) is 0 Å². The zero-order valence-electron chi connectivity index (χ0n) is 11.2. The Labute approximate surface area is 134 Å². The van der Waals surface area contributed by atoms with Crippen molar-refractivity contribution in [1.82, 2.24) is 14.5 Å². The number of nitrogens with one attached hydrogen (secondary N) is 1. The Morgan fingerprint density at radius 2 is 2.30 bits per heavy atom. The molecule has 2 aromatic heterocycles. The van der Waals surface area contributed by atoms with Crippen LogP contribution in [0.5, 0.6) is 0 Å². The summed E-state index contributed by atoms with van der Waals surface area (Å²) < 4.78 is 3.92. The lowest BCUT2D eigenvalue weighted by Crippen LogP contribution is -2.06. The molecule has 1 aromatic carbocycles. The highest BCUT2D eigenvalue weighted by atomic mass is 79.9. The second kappa shape index (κ2) is 5.42. The molecule has 0 fully saturated rings. The molecule has 2 heterocycles. The second-order valence-electron chi connectivity index (χ2n) is 4.66. The number of imidazole rings is 1. The number of H-pyrrole nitrogens is 1. The van der Waals surface area contributed by atoms with Crippen LogP contribution < -0.4 is 0 Å². The fraction of sp³-hybridized carbons (Fsp3) is 0.286. The number of aromatic amines is 1. The van der Waals surface area contributed by atoms with Crippen LogP contribution in [0.1, 0.15) is 29.8 Å². The summed E-state index contributed by atoms with van der Waals surface area (Å²) in [5, 5.41) is 1.10. The number of hydrogen-bond donors (Lipinski definition) is 1. The van der Waals surface area contributed by atoms with E-state index in [4.69, 9.17) is 12.2 Å². The van der Waals surface area contributed by atoms with E-state index in [2.05, 4.69) is 50.4 Å². The van der Waals surface area contributed by atoms with Gasteiger partial charge in [-0.15, -0.1) is 11.3 Å². The predicted octanol–water partition coefficient (Wildman–Crippen LogP) is 5.09. The molecule has 0 radical (unpaired) electrons. The van der Waals surface area contributed by atoms with Crippen molar-refractivity contribution < 1.29 is 0 Å². The van der Waals surface area contributed by atoms with Gasteiger partial charge in [0.2, 0.25) is 0 Å². The lowest BCUT2D eigenvalue weighted by atomic mass is 10.3. The molecule has 0 spiro atoms. The molecule has 3 aromatic rings. The zero-order valence-corrected chi connectivity index (χ0v) is 14.4. The minimum absolute atomic E-state index is 0.135. The molecular weight excluding hydrogens is 354 g/mol. The Morgan fingerprint density at radius 3 is 3.00 bits per heavy atom. The molecule has 1 atom stereocenters. The average molecular weight is 368 g/mol. The summed E-state index contributed by atoms with van der Waals surface area (Å²) in [4.78, 5) is 9.10. The van der Waals surface area contributed by atoms with Crippen molar-refractivity contribution >= 4 is 50.5 Å². The van der Waals surface area contributed by atoms with Crippen LogP contribution in [0, 0.1) is 4.77 Å². The molecule has 1 N–H and O–H groups in total. The van der Waals surface area contributed by atoms with Gasteiger partial charge in [-0.25, -0.2) is 4.98 Å². The van der Waals surface area contributed by atoms with E-state index < -0.39 is 0 Å². The first kappa shape index (κ1) is 14.0. The minimum atomic E-state index is 0.135. The summed E-state index contributed by atoms with van der Waals surface area (Å²) in [6, 6.07) is 6.28. The number of thiazole rings is 1. The van der Waals surface area contributed by atoms with Crippen molar-refractivity contribution in [1.29, 1.82) is 0 Å². The number of halogens is 1. The predicted molar refractivity (Wildman–Crippen MR) is 90.1 cm³/mol. The van der Waals surface area contributed by atoms with Crippen LogP contribution in [-0.2, 0) is 6.42 Å². The Balaban J connectivity index is 2.15. The van der Waals surface area contributed by atoms with Crippen LogP contribution in [0.2, 0.25) is 0 Å². The number of benzene rings is 1. The summed E-state index contributed by atoms with van der Waals surface area (Å²) in [6.45, 7) is 4.29. The third-order valence-corrected chi connectivity index (χ3v) is 5.45. The van der Waals surface area contributed by atoms with Crippen LogP contribution >= 0.6 is 39.5 Å². The normalized spacial score (nSPS) is 12.9. The third kappa shape index (κ3) is 2.36. The van der Waals surface area contributed by atoms with Crippen molar-refractivity contribution in [2.45, 2.75) is 26.3 Å². The quantitative estimate of drug-likeness (QED) is 0.654. The van der Waals surface area contributed by atoms with Gasteiger partial charge in [0.05, 0.1) is 17.1 Å². The second-order valence-corrected chi connectivity index (χ2v) is 7.11. The fourth-order valence-electron chi connectivity index (χ4n) is 2.27. The van der Waals surface area contributed by atoms with Crippen LogP contribution in [0.15, 0.2) is 28.9 Å². The highest BCUT2D eigenvalue weighted by Crippen LogP contribution is 2.29. The Morgan fingerprint density at radius 1 is 1.50 bits per heavy atom. The van der Waals surface area contributed by atoms with Crippen LogP contribution in [0.4, 0.5) is 0 Å². The molecule has 3 rings (SSSR count). The van der Waals surface area contributed by atoms with Gasteiger partial charge in [0.25, 0.3) is 0 Å². The van der Waals surface area contributed by atoms with Crippen molar-refractivity contribution in [3.63, 3.8) is 0 Å². The maximum absolute atomic E-state index is 5.48. The van der Waals surface area contributed by atoms with Gasteiger partial charge in [-0.1, -0.05) is 22.9 Å². The Bertz CT molecular complexity index is 815. The highest BCUT2D eigenvalue weighted by molar-refractivity contribution is 9.10. The molecule has 6 heteroatoms. The summed E-state index contributed by atoms with van der Waals surface area (Å²) in [5.41, 5.74) is 2.16. The monoisotopic (exact) mass is 367 g/mol. The SMILES string of the molecule is CCc1cnc(C(C)n2c(=S)[nH]c3ccc(Br)cc32)s1. The lowest BCUT2D eigenvalue weighted by molar-refractivity contribution is 0.644. The van der Waals surface area contributed by atoms with E-state index in [1.54, 1.807) is 11.3 Å². The van der Waals surface area contributed by atoms with Gasteiger partial charge < -0.3 is 9.55 Å². The molecule has 0 aliphatic rings. The fourth-order valence-corrected chi connectivity index (χ4v) is 3.88. The number of fused-ring (bicyclic) bond motifs is 1. The molecule has 3 nitrogen and oxygen atoms in total. The van der Waals surface area contributed by atoms with E-state index in [0.29, 0.717) is 0 Å². The minimum Gasteiger partial charge on any atom is -0.331 e. The Hall–Kier alpha value is -0.980. The van der Waals surface area contributed by atoms with E-state index in [1.807, 2.05) is 18.3 Å². The number of rotatable bonds is 3. The number of hydrogen-bond acceptors (Lipinski definition) is 3. The summed E-state index contributed by atoms with van der Waals surface area (Å²) >= 11 is 10.8. The summed E-state index contributed by atoms with van der Waals surface area (Å²) in [6.07, 6.45) is 2.99. The topological polar surface area (TPSA) is 33.6 Å². The first-order valence-corrected chi connectivity index (χ1v) is 8.46. The van der Waals surface area contributed by atoms with Crippen molar-refractivity contribution in [3.8, 4) is 0 Å². The molecule has 1 unspecified atom stereocenters. The van der Waals surface area contributed by atoms with Gasteiger partial charge in [-0.05, 0) is 43.8 Å². The average Bonchev–Trinajstić information content (AvgIpc) is 3.01. The van der Waals surface area contributed by atoms with Crippen molar-refractivity contribution in [3.05, 3.63) is 43.5 Å². The van der Waals surface area contributed by atoms with E-state index in [-0.39, 0.29) is 6.04 Å². The molecule has 0 amide bonds. The van der Waals surface area contributed by atoms with Gasteiger partial charge in [-0.3, -0.25) is 0 Å². The third-order valence-electron chi connectivity index (χ3n) is 3.34. The first-order valence-electron chi connectivity index (χ1n) is 6.44. The molecule has 0 saturated heterocycles. The molecule has 104 valence electrons. The van der Waals surface area contributed by atoms with Gasteiger partial charge in [0, 0.05) is 15.5 Å². The van der Waals surface area contributed by atoms with Gasteiger partial charge in [-0.2, -0.15) is 0 Å².